The smallest absolute Gasteiger partial charge is 0.122 e. The molecule has 1 aromatic rings. The van der Waals surface area contributed by atoms with Gasteiger partial charge in [-0.3, -0.25) is 4.90 Å². The molecule has 0 radical (unpaired) electrons. The summed E-state index contributed by atoms with van der Waals surface area (Å²) in [5, 5.41) is 0. The fraction of sp³-hybridized carbons (Fsp3) is 0.538. The van der Waals surface area contributed by atoms with E-state index in [2.05, 4.69) is 19.9 Å². The Kier molecular flexibility index (Phi) is 4.63. The number of rotatable bonds is 4. The summed E-state index contributed by atoms with van der Waals surface area (Å²) >= 11 is 6.30. The van der Waals surface area contributed by atoms with E-state index in [4.69, 9.17) is 16.3 Å². The van der Waals surface area contributed by atoms with Gasteiger partial charge in [0.1, 0.15) is 11.3 Å². The molecule has 0 saturated carbocycles. The van der Waals surface area contributed by atoms with Crippen molar-refractivity contribution in [3.63, 3.8) is 0 Å². The Morgan fingerprint density at radius 3 is 2.31 bits per heavy atom. The lowest BCUT2D eigenvalue weighted by atomic mass is 9.99. The molecule has 0 heterocycles. The molecule has 0 N–H and O–H groups in total. The standard InChI is InChI=1S/C13H20ClNO/c1-9(2)11-8-10(13(14)15(3)4)6-7-12(11)16-5/h6-9,13H,1-5H3. The molecule has 16 heavy (non-hydrogen) atoms. The molecule has 1 rings (SSSR count). The zero-order valence-electron chi connectivity index (χ0n) is 10.6. The molecule has 2 nitrogen and oxygen atoms in total. The van der Waals surface area contributed by atoms with Gasteiger partial charge in [-0.15, -0.1) is 11.6 Å². The molecular formula is C13H20ClNO. The molecule has 3 heteroatoms. The van der Waals surface area contributed by atoms with Crippen molar-refractivity contribution in [1.82, 2.24) is 4.90 Å². The van der Waals surface area contributed by atoms with E-state index in [-0.39, 0.29) is 5.50 Å². The first-order chi connectivity index (χ1) is 7.47. The zero-order chi connectivity index (χ0) is 12.3. The van der Waals surface area contributed by atoms with Crippen molar-refractivity contribution >= 4 is 11.6 Å². The van der Waals surface area contributed by atoms with Gasteiger partial charge in [0.2, 0.25) is 0 Å². The second kappa shape index (κ2) is 5.55. The third-order valence-electron chi connectivity index (χ3n) is 2.60. The lowest BCUT2D eigenvalue weighted by Gasteiger charge is -2.20. The topological polar surface area (TPSA) is 12.5 Å². The molecule has 0 fully saturated rings. The molecule has 0 aromatic heterocycles. The van der Waals surface area contributed by atoms with Gasteiger partial charge in [-0.2, -0.15) is 0 Å². The van der Waals surface area contributed by atoms with E-state index < -0.39 is 0 Å². The molecule has 1 atom stereocenters. The van der Waals surface area contributed by atoms with Crippen LogP contribution in [0, 0.1) is 0 Å². The molecular weight excluding hydrogens is 222 g/mol. The molecule has 0 bridgehead atoms. The fourth-order valence-electron chi connectivity index (χ4n) is 1.65. The maximum absolute atomic E-state index is 6.30. The van der Waals surface area contributed by atoms with E-state index in [0.717, 1.165) is 11.3 Å². The summed E-state index contributed by atoms with van der Waals surface area (Å²) in [7, 11) is 5.64. The SMILES string of the molecule is COc1ccc(C(Cl)N(C)C)cc1C(C)C. The number of hydrogen-bond donors (Lipinski definition) is 0. The van der Waals surface area contributed by atoms with Crippen molar-refractivity contribution in [2.24, 2.45) is 0 Å². The molecule has 1 unspecified atom stereocenters. The van der Waals surface area contributed by atoms with Crippen LogP contribution in [0.5, 0.6) is 5.75 Å². The van der Waals surface area contributed by atoms with Gasteiger partial charge in [-0.1, -0.05) is 19.9 Å². The van der Waals surface area contributed by atoms with E-state index >= 15 is 0 Å². The lowest BCUT2D eigenvalue weighted by Crippen LogP contribution is -2.15. The number of nitrogens with zero attached hydrogens (tertiary/aromatic N) is 1. The zero-order valence-corrected chi connectivity index (χ0v) is 11.4. The molecule has 0 aliphatic heterocycles. The highest BCUT2D eigenvalue weighted by Crippen LogP contribution is 2.31. The Balaban J connectivity index is 3.11. The quantitative estimate of drug-likeness (QED) is 0.590. The van der Waals surface area contributed by atoms with Gasteiger partial charge < -0.3 is 4.74 Å². The Morgan fingerprint density at radius 2 is 1.88 bits per heavy atom. The predicted octanol–water partition coefficient (Wildman–Crippen LogP) is 3.62. The van der Waals surface area contributed by atoms with Crippen LogP contribution in [0.4, 0.5) is 0 Å². The average molecular weight is 242 g/mol. The van der Waals surface area contributed by atoms with Gasteiger partial charge in [0.15, 0.2) is 0 Å². The van der Waals surface area contributed by atoms with Crippen LogP contribution in [0.15, 0.2) is 18.2 Å². The van der Waals surface area contributed by atoms with Gasteiger partial charge in [0.05, 0.1) is 7.11 Å². The van der Waals surface area contributed by atoms with E-state index in [1.165, 1.54) is 5.56 Å². The van der Waals surface area contributed by atoms with E-state index in [9.17, 15) is 0 Å². The lowest BCUT2D eigenvalue weighted by molar-refractivity contribution is 0.382. The first kappa shape index (κ1) is 13.3. The van der Waals surface area contributed by atoms with Crippen LogP contribution < -0.4 is 4.74 Å². The highest BCUT2D eigenvalue weighted by atomic mass is 35.5. The van der Waals surface area contributed by atoms with Crippen LogP contribution in [0.25, 0.3) is 0 Å². The van der Waals surface area contributed by atoms with E-state index in [1.807, 2.05) is 31.1 Å². The summed E-state index contributed by atoms with van der Waals surface area (Å²) in [5.74, 6) is 1.36. The van der Waals surface area contributed by atoms with Crippen molar-refractivity contribution < 1.29 is 4.74 Å². The van der Waals surface area contributed by atoms with Gasteiger partial charge in [0, 0.05) is 0 Å². The van der Waals surface area contributed by atoms with Crippen LogP contribution in [0.2, 0.25) is 0 Å². The average Bonchev–Trinajstić information content (AvgIpc) is 2.26. The van der Waals surface area contributed by atoms with Gasteiger partial charge >= 0.3 is 0 Å². The largest absolute Gasteiger partial charge is 0.496 e. The van der Waals surface area contributed by atoms with Gasteiger partial charge in [-0.25, -0.2) is 0 Å². The number of halogens is 1. The Labute approximate surface area is 103 Å². The number of alkyl halides is 1. The number of methoxy groups -OCH3 is 1. The Bertz CT molecular complexity index is 350. The summed E-state index contributed by atoms with van der Waals surface area (Å²) in [4.78, 5) is 1.98. The molecule has 0 aliphatic carbocycles. The monoisotopic (exact) mass is 241 g/mol. The summed E-state index contributed by atoms with van der Waals surface area (Å²) < 4.78 is 5.35. The minimum atomic E-state index is -0.0941. The van der Waals surface area contributed by atoms with E-state index in [1.54, 1.807) is 7.11 Å². The van der Waals surface area contributed by atoms with Gasteiger partial charge in [0.25, 0.3) is 0 Å². The second-order valence-corrected chi connectivity index (χ2v) is 4.87. The number of hydrogen-bond acceptors (Lipinski definition) is 2. The van der Waals surface area contributed by atoms with Crippen LogP contribution in [0.3, 0.4) is 0 Å². The van der Waals surface area contributed by atoms with Gasteiger partial charge in [-0.05, 0) is 43.3 Å². The van der Waals surface area contributed by atoms with Crippen molar-refractivity contribution in [1.29, 1.82) is 0 Å². The van der Waals surface area contributed by atoms with Crippen LogP contribution in [-0.4, -0.2) is 26.1 Å². The van der Waals surface area contributed by atoms with Crippen LogP contribution in [-0.2, 0) is 0 Å². The molecule has 90 valence electrons. The number of benzene rings is 1. The maximum atomic E-state index is 6.30. The summed E-state index contributed by atoms with van der Waals surface area (Å²) in [6, 6.07) is 6.13. The first-order valence-electron chi connectivity index (χ1n) is 5.45. The molecule has 0 aliphatic rings. The highest BCUT2D eigenvalue weighted by Gasteiger charge is 2.14. The third kappa shape index (κ3) is 2.89. The van der Waals surface area contributed by atoms with E-state index in [0.29, 0.717) is 5.92 Å². The normalized spacial score (nSPS) is 13.2. The van der Waals surface area contributed by atoms with Crippen molar-refractivity contribution in [3.8, 4) is 5.75 Å². The van der Waals surface area contributed by atoms with Crippen LogP contribution in [0.1, 0.15) is 36.4 Å². The highest BCUT2D eigenvalue weighted by molar-refractivity contribution is 6.20. The fourth-order valence-corrected chi connectivity index (χ4v) is 1.79. The molecule has 0 amide bonds. The predicted molar refractivity (Wildman–Crippen MR) is 69.4 cm³/mol. The number of ether oxygens (including phenoxy) is 1. The third-order valence-corrected chi connectivity index (χ3v) is 3.25. The minimum absolute atomic E-state index is 0.0941. The molecule has 1 aromatic carbocycles. The summed E-state index contributed by atoms with van der Waals surface area (Å²) in [5.41, 5.74) is 2.21. The van der Waals surface area contributed by atoms with Crippen molar-refractivity contribution in [2.45, 2.75) is 25.3 Å². The second-order valence-electron chi connectivity index (χ2n) is 4.46. The first-order valence-corrected chi connectivity index (χ1v) is 5.89. The molecule has 0 saturated heterocycles. The van der Waals surface area contributed by atoms with Crippen molar-refractivity contribution in [2.75, 3.05) is 21.2 Å². The molecule has 0 spiro atoms. The Hall–Kier alpha value is -0.730. The van der Waals surface area contributed by atoms with Crippen molar-refractivity contribution in [3.05, 3.63) is 29.3 Å². The maximum Gasteiger partial charge on any atom is 0.122 e. The van der Waals surface area contributed by atoms with Crippen LogP contribution >= 0.6 is 11.6 Å². The summed E-state index contributed by atoms with van der Waals surface area (Å²) in [6.07, 6.45) is 0. The Morgan fingerprint density at radius 1 is 1.25 bits per heavy atom. The summed E-state index contributed by atoms with van der Waals surface area (Å²) in [6.45, 7) is 4.31. The minimum Gasteiger partial charge on any atom is -0.496 e.